The minimum Gasteiger partial charge on any atom is -0.325 e. The van der Waals surface area contributed by atoms with E-state index in [1.54, 1.807) is 0 Å². The Morgan fingerprint density at radius 1 is 1.39 bits per heavy atom. The van der Waals surface area contributed by atoms with Gasteiger partial charge in [0.15, 0.2) is 0 Å². The Morgan fingerprint density at radius 3 is 2.78 bits per heavy atom. The van der Waals surface area contributed by atoms with Gasteiger partial charge in [-0.2, -0.15) is 0 Å². The summed E-state index contributed by atoms with van der Waals surface area (Å²) in [5, 5.41) is 6.12. The molecule has 1 aromatic carbocycles. The summed E-state index contributed by atoms with van der Waals surface area (Å²) in [5.41, 5.74) is 3.46. The Bertz CT molecular complexity index is 425. The molecule has 2 N–H and O–H groups in total. The van der Waals surface area contributed by atoms with Gasteiger partial charge in [0.1, 0.15) is 0 Å². The highest BCUT2D eigenvalue weighted by Gasteiger charge is 2.20. The fraction of sp³-hybridized carbons (Fsp3) is 0.533. The average Bonchev–Trinajstić information content (AvgIpc) is 3.13. The van der Waals surface area contributed by atoms with Crippen LogP contribution in [-0.4, -0.2) is 19.0 Å². The maximum absolute atomic E-state index is 11.7. The Balaban J connectivity index is 1.80. The first-order valence-electron chi connectivity index (χ1n) is 6.79. The van der Waals surface area contributed by atoms with Crippen LogP contribution in [0, 0.1) is 12.8 Å². The normalized spacial score (nSPS) is 14.6. The van der Waals surface area contributed by atoms with Crippen LogP contribution in [0.15, 0.2) is 18.2 Å². The van der Waals surface area contributed by atoms with Crippen molar-refractivity contribution in [2.75, 3.05) is 18.4 Å². The highest BCUT2D eigenvalue weighted by atomic mass is 16.1. The summed E-state index contributed by atoms with van der Waals surface area (Å²) < 4.78 is 0. The number of nitrogens with one attached hydrogen (secondary N) is 2. The van der Waals surface area contributed by atoms with Crippen molar-refractivity contribution < 1.29 is 4.79 Å². The number of carbonyl (C=O) groups is 1. The van der Waals surface area contributed by atoms with Crippen LogP contribution in [0.1, 0.15) is 30.9 Å². The Hall–Kier alpha value is -1.35. The lowest BCUT2D eigenvalue weighted by molar-refractivity contribution is -0.115. The molecular formula is C15H22N2O. The minimum atomic E-state index is 0.0410. The predicted octanol–water partition coefficient (Wildman–Crippen LogP) is 2.50. The van der Waals surface area contributed by atoms with E-state index in [4.69, 9.17) is 0 Å². The molecule has 0 radical (unpaired) electrons. The van der Waals surface area contributed by atoms with Crippen LogP contribution in [-0.2, 0) is 11.2 Å². The van der Waals surface area contributed by atoms with Gasteiger partial charge in [-0.3, -0.25) is 4.79 Å². The van der Waals surface area contributed by atoms with Gasteiger partial charge in [-0.1, -0.05) is 13.0 Å². The van der Waals surface area contributed by atoms with E-state index < -0.39 is 0 Å². The summed E-state index contributed by atoms with van der Waals surface area (Å²) in [6.45, 7) is 5.61. The molecule has 0 aromatic heterocycles. The molecule has 0 unspecified atom stereocenters. The fourth-order valence-electron chi connectivity index (χ4n) is 2.09. The molecule has 1 saturated carbocycles. The predicted molar refractivity (Wildman–Crippen MR) is 74.8 cm³/mol. The van der Waals surface area contributed by atoms with Gasteiger partial charge in [0, 0.05) is 5.69 Å². The Labute approximate surface area is 109 Å². The Morgan fingerprint density at radius 2 is 2.17 bits per heavy atom. The molecule has 1 aliphatic rings. The van der Waals surface area contributed by atoms with Crippen molar-refractivity contribution in [1.29, 1.82) is 0 Å². The molecule has 1 amide bonds. The Kier molecular flexibility index (Phi) is 4.37. The maximum Gasteiger partial charge on any atom is 0.238 e. The second-order valence-corrected chi connectivity index (χ2v) is 5.12. The number of carbonyl (C=O) groups excluding carboxylic acids is 1. The van der Waals surface area contributed by atoms with Gasteiger partial charge in [-0.25, -0.2) is 0 Å². The smallest absolute Gasteiger partial charge is 0.238 e. The second kappa shape index (κ2) is 6.01. The van der Waals surface area contributed by atoms with Gasteiger partial charge in [-0.05, 0) is 61.9 Å². The summed E-state index contributed by atoms with van der Waals surface area (Å²) >= 11 is 0. The first-order chi connectivity index (χ1) is 8.69. The summed E-state index contributed by atoms with van der Waals surface area (Å²) in [6, 6.07) is 6.10. The van der Waals surface area contributed by atoms with E-state index in [1.807, 2.05) is 12.1 Å². The maximum atomic E-state index is 11.7. The molecule has 3 nitrogen and oxygen atoms in total. The third kappa shape index (κ3) is 3.84. The molecule has 0 saturated heterocycles. The molecule has 0 bridgehead atoms. The molecule has 98 valence electrons. The zero-order chi connectivity index (χ0) is 13.0. The van der Waals surface area contributed by atoms with Crippen LogP contribution >= 0.6 is 0 Å². The summed E-state index contributed by atoms with van der Waals surface area (Å²) in [4.78, 5) is 11.7. The van der Waals surface area contributed by atoms with Gasteiger partial charge < -0.3 is 10.6 Å². The standard InChI is InChI=1S/C15H22N2O/c1-3-13-6-7-14(8-11(13)2)17-15(18)10-16-9-12-4-5-12/h6-8,12,16H,3-5,9-10H2,1-2H3,(H,17,18). The third-order valence-corrected chi connectivity index (χ3v) is 3.42. The lowest BCUT2D eigenvalue weighted by Gasteiger charge is -2.09. The van der Waals surface area contributed by atoms with Crippen molar-refractivity contribution in [3.8, 4) is 0 Å². The molecule has 1 fully saturated rings. The first-order valence-corrected chi connectivity index (χ1v) is 6.79. The molecule has 1 aliphatic carbocycles. The van der Waals surface area contributed by atoms with Crippen molar-refractivity contribution in [2.45, 2.75) is 33.1 Å². The van der Waals surface area contributed by atoms with Gasteiger partial charge in [-0.15, -0.1) is 0 Å². The number of aryl methyl sites for hydroxylation is 2. The minimum absolute atomic E-state index is 0.0410. The molecule has 18 heavy (non-hydrogen) atoms. The van der Waals surface area contributed by atoms with E-state index in [9.17, 15) is 4.79 Å². The zero-order valence-electron chi connectivity index (χ0n) is 11.3. The number of hydrogen-bond acceptors (Lipinski definition) is 2. The largest absolute Gasteiger partial charge is 0.325 e. The number of rotatable bonds is 6. The summed E-state index contributed by atoms with van der Waals surface area (Å²) in [6.07, 6.45) is 3.65. The van der Waals surface area contributed by atoms with Crippen LogP contribution in [0.25, 0.3) is 0 Å². The number of amides is 1. The average molecular weight is 246 g/mol. The number of anilines is 1. The monoisotopic (exact) mass is 246 g/mol. The van der Waals surface area contributed by atoms with Gasteiger partial charge in [0.25, 0.3) is 0 Å². The van der Waals surface area contributed by atoms with E-state index in [0.29, 0.717) is 6.54 Å². The highest BCUT2D eigenvalue weighted by Crippen LogP contribution is 2.27. The molecule has 2 rings (SSSR count). The van der Waals surface area contributed by atoms with Crippen molar-refractivity contribution in [2.24, 2.45) is 5.92 Å². The van der Waals surface area contributed by atoms with Gasteiger partial charge >= 0.3 is 0 Å². The number of benzene rings is 1. The zero-order valence-corrected chi connectivity index (χ0v) is 11.3. The van der Waals surface area contributed by atoms with E-state index in [1.165, 1.54) is 24.0 Å². The molecule has 1 aromatic rings. The SMILES string of the molecule is CCc1ccc(NC(=O)CNCC2CC2)cc1C. The van der Waals surface area contributed by atoms with Crippen molar-refractivity contribution in [3.05, 3.63) is 29.3 Å². The quantitative estimate of drug-likeness (QED) is 0.809. The van der Waals surface area contributed by atoms with Crippen LogP contribution in [0.5, 0.6) is 0 Å². The van der Waals surface area contributed by atoms with E-state index >= 15 is 0 Å². The summed E-state index contributed by atoms with van der Waals surface area (Å²) in [5.74, 6) is 0.850. The first kappa shape index (κ1) is 13.1. The van der Waals surface area contributed by atoms with E-state index in [0.717, 1.165) is 24.6 Å². The van der Waals surface area contributed by atoms with Crippen LogP contribution in [0.3, 0.4) is 0 Å². The highest BCUT2D eigenvalue weighted by molar-refractivity contribution is 5.92. The van der Waals surface area contributed by atoms with Crippen LogP contribution in [0.2, 0.25) is 0 Å². The van der Waals surface area contributed by atoms with Crippen molar-refractivity contribution in [3.63, 3.8) is 0 Å². The van der Waals surface area contributed by atoms with E-state index in [-0.39, 0.29) is 5.91 Å². The molecule has 0 aliphatic heterocycles. The van der Waals surface area contributed by atoms with Gasteiger partial charge in [0.2, 0.25) is 5.91 Å². The molecule has 0 atom stereocenters. The van der Waals surface area contributed by atoms with Gasteiger partial charge in [0.05, 0.1) is 6.54 Å². The second-order valence-electron chi connectivity index (χ2n) is 5.12. The number of hydrogen-bond donors (Lipinski definition) is 2. The lowest BCUT2D eigenvalue weighted by atomic mass is 10.1. The molecule has 0 spiro atoms. The lowest BCUT2D eigenvalue weighted by Crippen LogP contribution is -2.29. The third-order valence-electron chi connectivity index (χ3n) is 3.42. The van der Waals surface area contributed by atoms with Crippen molar-refractivity contribution in [1.82, 2.24) is 5.32 Å². The molecular weight excluding hydrogens is 224 g/mol. The van der Waals surface area contributed by atoms with E-state index in [2.05, 4.69) is 30.5 Å². The topological polar surface area (TPSA) is 41.1 Å². The summed E-state index contributed by atoms with van der Waals surface area (Å²) in [7, 11) is 0. The molecule has 3 heteroatoms. The van der Waals surface area contributed by atoms with Crippen LogP contribution < -0.4 is 10.6 Å². The fourth-order valence-corrected chi connectivity index (χ4v) is 2.09. The van der Waals surface area contributed by atoms with Crippen molar-refractivity contribution >= 4 is 11.6 Å². The van der Waals surface area contributed by atoms with Crippen LogP contribution in [0.4, 0.5) is 5.69 Å². The molecule has 0 heterocycles.